The van der Waals surface area contributed by atoms with Crippen molar-refractivity contribution in [3.05, 3.63) is 17.8 Å². The molecular formula is C10H17N7O. The Hall–Kier alpha value is -1.96. The first-order valence-electron chi connectivity index (χ1n) is 5.93. The first-order chi connectivity index (χ1) is 8.76. The quantitative estimate of drug-likeness (QED) is 0.772. The zero-order chi connectivity index (χ0) is 13.0. The van der Waals surface area contributed by atoms with Crippen LogP contribution in [0.15, 0.2) is 10.7 Å². The maximum Gasteiger partial charge on any atom is 0.266 e. The third-order valence-corrected chi connectivity index (χ3v) is 2.60. The van der Waals surface area contributed by atoms with E-state index in [1.807, 2.05) is 18.7 Å². The van der Waals surface area contributed by atoms with Crippen molar-refractivity contribution in [2.24, 2.45) is 5.73 Å². The van der Waals surface area contributed by atoms with E-state index in [9.17, 15) is 0 Å². The van der Waals surface area contributed by atoms with Crippen LogP contribution in [0.25, 0.3) is 0 Å². The Morgan fingerprint density at radius 2 is 2.17 bits per heavy atom. The lowest BCUT2D eigenvalue weighted by Gasteiger charge is -2.14. The van der Waals surface area contributed by atoms with Crippen LogP contribution in [0, 0.1) is 0 Å². The number of hydrogen-bond donors (Lipinski definition) is 1. The van der Waals surface area contributed by atoms with E-state index >= 15 is 0 Å². The Bertz CT molecular complexity index is 488. The van der Waals surface area contributed by atoms with Crippen LogP contribution < -0.4 is 10.6 Å². The molecule has 0 amide bonds. The highest BCUT2D eigenvalue weighted by molar-refractivity contribution is 5.26. The molecule has 2 aromatic heterocycles. The average Bonchev–Trinajstić information content (AvgIpc) is 3.01. The van der Waals surface area contributed by atoms with Gasteiger partial charge < -0.3 is 15.2 Å². The van der Waals surface area contributed by atoms with Gasteiger partial charge in [0.05, 0.1) is 11.9 Å². The summed E-state index contributed by atoms with van der Waals surface area (Å²) in [4.78, 5) is 6.32. The van der Waals surface area contributed by atoms with E-state index in [2.05, 4.69) is 20.5 Å². The predicted molar refractivity (Wildman–Crippen MR) is 64.9 cm³/mol. The van der Waals surface area contributed by atoms with Gasteiger partial charge in [0.25, 0.3) is 5.95 Å². The van der Waals surface area contributed by atoms with E-state index in [-0.39, 0.29) is 0 Å². The molecule has 0 radical (unpaired) electrons. The zero-order valence-electron chi connectivity index (χ0n) is 10.6. The first kappa shape index (κ1) is 12.5. The van der Waals surface area contributed by atoms with E-state index < -0.39 is 0 Å². The second-order valence-corrected chi connectivity index (χ2v) is 3.77. The van der Waals surface area contributed by atoms with Crippen LogP contribution in [-0.4, -0.2) is 38.2 Å². The van der Waals surface area contributed by atoms with Crippen LogP contribution in [0.3, 0.4) is 0 Å². The van der Waals surface area contributed by atoms with Crippen molar-refractivity contribution in [3.63, 3.8) is 0 Å². The molecule has 2 N–H and O–H groups in total. The molecule has 2 rings (SSSR count). The molecule has 0 bridgehead atoms. The van der Waals surface area contributed by atoms with Crippen molar-refractivity contribution in [3.8, 4) is 0 Å². The third kappa shape index (κ3) is 2.65. The molecule has 0 aliphatic heterocycles. The van der Waals surface area contributed by atoms with Gasteiger partial charge in [0.15, 0.2) is 0 Å². The summed E-state index contributed by atoms with van der Waals surface area (Å²) in [5, 5.41) is 11.7. The van der Waals surface area contributed by atoms with Crippen molar-refractivity contribution in [2.75, 3.05) is 18.0 Å². The van der Waals surface area contributed by atoms with E-state index in [0.717, 1.165) is 18.8 Å². The minimum Gasteiger partial charge on any atom is -0.339 e. The summed E-state index contributed by atoms with van der Waals surface area (Å²) in [6.07, 6.45) is 1.77. The van der Waals surface area contributed by atoms with Gasteiger partial charge in [-0.2, -0.15) is 4.98 Å². The van der Waals surface area contributed by atoms with Gasteiger partial charge in [0, 0.05) is 19.6 Å². The molecule has 8 nitrogen and oxygen atoms in total. The fraction of sp³-hybridized carbons (Fsp3) is 0.600. The molecule has 0 fully saturated rings. The fourth-order valence-corrected chi connectivity index (χ4v) is 1.59. The molecule has 98 valence electrons. The molecule has 0 aliphatic rings. The van der Waals surface area contributed by atoms with E-state index in [0.29, 0.717) is 24.9 Å². The highest BCUT2D eigenvalue weighted by atomic mass is 16.5. The maximum atomic E-state index is 5.46. The Morgan fingerprint density at radius 3 is 2.78 bits per heavy atom. The summed E-state index contributed by atoms with van der Waals surface area (Å²) >= 11 is 0. The fourth-order valence-electron chi connectivity index (χ4n) is 1.59. The molecule has 0 saturated carbocycles. The zero-order valence-corrected chi connectivity index (χ0v) is 10.6. The Labute approximate surface area is 105 Å². The van der Waals surface area contributed by atoms with Crippen LogP contribution in [0.5, 0.6) is 0 Å². The topological polar surface area (TPSA) is 98.9 Å². The minimum absolute atomic E-state index is 0.370. The van der Waals surface area contributed by atoms with E-state index in [1.54, 1.807) is 10.9 Å². The average molecular weight is 251 g/mol. The molecule has 0 spiro atoms. The van der Waals surface area contributed by atoms with E-state index in [4.69, 9.17) is 10.3 Å². The number of hydrogen-bond acceptors (Lipinski definition) is 7. The molecule has 0 aromatic carbocycles. The number of rotatable bonds is 6. The van der Waals surface area contributed by atoms with Crippen LogP contribution >= 0.6 is 0 Å². The summed E-state index contributed by atoms with van der Waals surface area (Å²) in [6, 6.07) is 0. The highest BCUT2D eigenvalue weighted by Crippen LogP contribution is 2.09. The molecule has 0 aliphatic carbocycles. The second-order valence-electron chi connectivity index (χ2n) is 3.77. The van der Waals surface area contributed by atoms with E-state index in [1.165, 1.54) is 0 Å². The summed E-state index contributed by atoms with van der Waals surface area (Å²) in [7, 11) is 0. The van der Waals surface area contributed by atoms with Gasteiger partial charge in [0.2, 0.25) is 5.89 Å². The van der Waals surface area contributed by atoms with Crippen LogP contribution in [0.4, 0.5) is 5.95 Å². The second kappa shape index (κ2) is 5.58. The highest BCUT2D eigenvalue weighted by Gasteiger charge is 2.12. The number of aromatic nitrogens is 5. The minimum atomic E-state index is 0.370. The normalized spacial score (nSPS) is 10.8. The monoisotopic (exact) mass is 251 g/mol. The lowest BCUT2D eigenvalue weighted by atomic mass is 10.5. The smallest absolute Gasteiger partial charge is 0.266 e. The molecule has 0 atom stereocenters. The molecular weight excluding hydrogens is 234 g/mol. The van der Waals surface area contributed by atoms with Crippen molar-refractivity contribution in [2.45, 2.75) is 26.9 Å². The number of nitrogens with two attached hydrogens (primary N) is 1. The molecule has 8 heteroatoms. The molecule has 0 unspecified atom stereocenters. The number of nitrogens with zero attached hydrogens (tertiary/aromatic N) is 6. The molecule has 2 aromatic rings. The Morgan fingerprint density at radius 1 is 1.39 bits per heavy atom. The lowest BCUT2D eigenvalue weighted by Crippen LogP contribution is -2.23. The van der Waals surface area contributed by atoms with Gasteiger partial charge in [-0.1, -0.05) is 5.21 Å². The van der Waals surface area contributed by atoms with Crippen LogP contribution in [0.1, 0.15) is 25.4 Å². The standard InChI is InChI=1S/C10H17N7O/c1-3-16(4-2)10-12-9(18-14-10)7-17-6-8(5-11)13-15-17/h6H,3-5,7,11H2,1-2H3. The van der Waals surface area contributed by atoms with Crippen molar-refractivity contribution in [1.82, 2.24) is 25.1 Å². The number of anilines is 1. The van der Waals surface area contributed by atoms with Gasteiger partial charge in [-0.15, -0.1) is 5.10 Å². The molecule has 18 heavy (non-hydrogen) atoms. The van der Waals surface area contributed by atoms with Crippen LogP contribution in [-0.2, 0) is 13.1 Å². The predicted octanol–water partition coefficient (Wildman–Crippen LogP) is 0.0143. The van der Waals surface area contributed by atoms with Crippen LogP contribution in [0.2, 0.25) is 0 Å². The van der Waals surface area contributed by atoms with Gasteiger partial charge >= 0.3 is 0 Å². The van der Waals surface area contributed by atoms with Gasteiger partial charge in [-0.05, 0) is 19.0 Å². The Balaban J connectivity index is 2.06. The summed E-state index contributed by atoms with van der Waals surface area (Å²) in [5.74, 6) is 1.11. The third-order valence-electron chi connectivity index (χ3n) is 2.60. The summed E-state index contributed by atoms with van der Waals surface area (Å²) in [5.41, 5.74) is 6.20. The lowest BCUT2D eigenvalue weighted by molar-refractivity contribution is 0.363. The van der Waals surface area contributed by atoms with Gasteiger partial charge in [-0.3, -0.25) is 0 Å². The largest absolute Gasteiger partial charge is 0.339 e. The molecule has 2 heterocycles. The molecule has 0 saturated heterocycles. The summed E-state index contributed by atoms with van der Waals surface area (Å²) in [6.45, 7) is 6.55. The van der Waals surface area contributed by atoms with Crippen molar-refractivity contribution in [1.29, 1.82) is 0 Å². The van der Waals surface area contributed by atoms with Crippen molar-refractivity contribution >= 4 is 5.95 Å². The maximum absolute atomic E-state index is 5.46. The Kier molecular flexibility index (Phi) is 3.88. The van der Waals surface area contributed by atoms with Gasteiger partial charge in [0.1, 0.15) is 6.54 Å². The van der Waals surface area contributed by atoms with Gasteiger partial charge in [-0.25, -0.2) is 4.68 Å². The SMILES string of the molecule is CCN(CC)c1noc(Cn2cc(CN)nn2)n1. The van der Waals surface area contributed by atoms with Crippen molar-refractivity contribution < 1.29 is 4.52 Å². The summed E-state index contributed by atoms with van der Waals surface area (Å²) < 4.78 is 6.80. The first-order valence-corrected chi connectivity index (χ1v) is 5.93.